The fourth-order valence-electron chi connectivity index (χ4n) is 4.20. The van der Waals surface area contributed by atoms with Crippen LogP contribution in [0.3, 0.4) is 0 Å². The summed E-state index contributed by atoms with van der Waals surface area (Å²) in [6.45, 7) is 5.02. The van der Waals surface area contributed by atoms with E-state index in [4.69, 9.17) is 14.2 Å². The molecule has 0 unspecified atom stereocenters. The largest absolute Gasteiger partial charge is 0.497 e. The van der Waals surface area contributed by atoms with E-state index in [2.05, 4.69) is 20.6 Å². The van der Waals surface area contributed by atoms with Gasteiger partial charge in [0.1, 0.15) is 17.1 Å². The number of esters is 1. The van der Waals surface area contributed by atoms with Crippen LogP contribution in [-0.4, -0.2) is 47.7 Å². The van der Waals surface area contributed by atoms with Crippen molar-refractivity contribution in [3.63, 3.8) is 0 Å². The highest BCUT2D eigenvalue weighted by Gasteiger charge is 2.27. The summed E-state index contributed by atoms with van der Waals surface area (Å²) in [5, 5.41) is 6.87. The Morgan fingerprint density at radius 3 is 2.53 bits per heavy atom. The predicted molar refractivity (Wildman–Crippen MR) is 145 cm³/mol. The first-order chi connectivity index (χ1) is 18.4. The number of methoxy groups -OCH3 is 3. The maximum Gasteiger partial charge on any atom is 0.356 e. The number of carbonyl (C=O) groups excluding carboxylic acids is 2. The van der Waals surface area contributed by atoms with Gasteiger partial charge in [0.15, 0.2) is 5.69 Å². The zero-order valence-electron chi connectivity index (χ0n) is 22.1. The Balaban J connectivity index is 1.78. The van der Waals surface area contributed by atoms with Crippen molar-refractivity contribution in [2.24, 2.45) is 5.92 Å². The number of hydrogen-bond acceptors (Lipinski definition) is 8. The monoisotopic (exact) mass is 517 g/mol. The summed E-state index contributed by atoms with van der Waals surface area (Å²) in [7, 11) is 4.54. The number of aromatic nitrogens is 3. The number of amides is 1. The molecule has 2 N–H and O–H groups in total. The van der Waals surface area contributed by atoms with Crippen LogP contribution in [0.25, 0.3) is 11.0 Å². The van der Waals surface area contributed by atoms with Crippen molar-refractivity contribution < 1.29 is 23.8 Å². The van der Waals surface area contributed by atoms with Gasteiger partial charge in [-0.15, -0.1) is 0 Å². The molecule has 198 valence electrons. The first-order valence-electron chi connectivity index (χ1n) is 12.1. The van der Waals surface area contributed by atoms with E-state index < -0.39 is 11.9 Å². The number of benzene rings is 1. The van der Waals surface area contributed by atoms with Gasteiger partial charge < -0.3 is 29.4 Å². The number of fused-ring (bicyclic) bond motifs is 1. The third-order valence-corrected chi connectivity index (χ3v) is 5.96. The molecule has 0 aliphatic carbocycles. The average molecular weight is 518 g/mol. The van der Waals surface area contributed by atoms with E-state index in [-0.39, 0.29) is 11.6 Å². The van der Waals surface area contributed by atoms with Crippen LogP contribution in [0.5, 0.6) is 11.5 Å². The second kappa shape index (κ2) is 11.6. The lowest BCUT2D eigenvalue weighted by Crippen LogP contribution is -2.18. The van der Waals surface area contributed by atoms with Crippen LogP contribution in [0.1, 0.15) is 40.3 Å². The van der Waals surface area contributed by atoms with Crippen LogP contribution >= 0.6 is 0 Å². The molecule has 0 spiro atoms. The van der Waals surface area contributed by atoms with E-state index in [1.165, 1.54) is 13.3 Å². The first kappa shape index (κ1) is 26.5. The van der Waals surface area contributed by atoms with E-state index >= 15 is 0 Å². The molecule has 0 fully saturated rings. The van der Waals surface area contributed by atoms with Crippen LogP contribution in [0.4, 0.5) is 11.4 Å². The lowest BCUT2D eigenvalue weighted by Gasteiger charge is -2.13. The fourth-order valence-corrected chi connectivity index (χ4v) is 4.20. The van der Waals surface area contributed by atoms with Crippen LogP contribution in [0, 0.1) is 5.92 Å². The number of anilines is 2. The molecular formula is C28H31N5O5. The normalized spacial score (nSPS) is 10.9. The molecule has 38 heavy (non-hydrogen) atoms. The van der Waals surface area contributed by atoms with Gasteiger partial charge in [-0.3, -0.25) is 9.78 Å². The van der Waals surface area contributed by atoms with Gasteiger partial charge in [-0.1, -0.05) is 13.8 Å². The zero-order chi connectivity index (χ0) is 27.2. The lowest BCUT2D eigenvalue weighted by molar-refractivity contribution is 0.0589. The Morgan fingerprint density at radius 1 is 1.05 bits per heavy atom. The summed E-state index contributed by atoms with van der Waals surface area (Å²) in [5.41, 5.74) is 3.07. The van der Waals surface area contributed by atoms with E-state index in [1.54, 1.807) is 43.3 Å². The Kier molecular flexibility index (Phi) is 8.10. The van der Waals surface area contributed by atoms with Gasteiger partial charge >= 0.3 is 5.97 Å². The molecule has 0 saturated carbocycles. The molecule has 0 atom stereocenters. The summed E-state index contributed by atoms with van der Waals surface area (Å²) in [4.78, 5) is 34.8. The minimum absolute atomic E-state index is 0.205. The first-order valence-corrected chi connectivity index (χ1v) is 12.1. The molecule has 3 heterocycles. The standard InChI is InChI=1S/C28H31N5O5/c1-17(2)16-33-25(28(35)38-5)24(32-27(34)18-7-6-10-29-13-18)22-12-20(15-31-26(22)33)30-14-19-11-21(36-3)8-9-23(19)37-4/h6-13,15,17,30H,14,16H2,1-5H3,(H,32,34). The average Bonchev–Trinajstić information content (AvgIpc) is 3.23. The zero-order valence-corrected chi connectivity index (χ0v) is 22.1. The summed E-state index contributed by atoms with van der Waals surface area (Å²) in [6, 6.07) is 10.8. The minimum Gasteiger partial charge on any atom is -0.497 e. The van der Waals surface area contributed by atoms with E-state index in [9.17, 15) is 9.59 Å². The van der Waals surface area contributed by atoms with Crippen LogP contribution in [0.2, 0.25) is 0 Å². The van der Waals surface area contributed by atoms with Crippen LogP contribution in [0.15, 0.2) is 55.0 Å². The molecule has 10 heteroatoms. The van der Waals surface area contributed by atoms with Crippen LogP contribution < -0.4 is 20.1 Å². The molecule has 0 saturated heterocycles. The topological polar surface area (TPSA) is 117 Å². The Bertz CT molecular complexity index is 1450. The summed E-state index contributed by atoms with van der Waals surface area (Å²) in [6.07, 6.45) is 4.75. The summed E-state index contributed by atoms with van der Waals surface area (Å²) < 4.78 is 17.7. The van der Waals surface area contributed by atoms with Gasteiger partial charge in [-0.05, 0) is 42.3 Å². The Labute approximate surface area is 220 Å². The van der Waals surface area contributed by atoms with Gasteiger partial charge in [0.25, 0.3) is 5.91 Å². The number of nitrogens with one attached hydrogen (secondary N) is 2. The Hall–Kier alpha value is -4.60. The highest BCUT2D eigenvalue weighted by atomic mass is 16.5. The van der Waals surface area contributed by atoms with Gasteiger partial charge in [0.2, 0.25) is 0 Å². The number of ether oxygens (including phenoxy) is 3. The van der Waals surface area contributed by atoms with Crippen molar-refractivity contribution in [3.8, 4) is 11.5 Å². The molecule has 10 nitrogen and oxygen atoms in total. The van der Waals surface area contributed by atoms with Crippen LogP contribution in [-0.2, 0) is 17.8 Å². The molecular weight excluding hydrogens is 486 g/mol. The molecule has 4 aromatic rings. The van der Waals surface area contributed by atoms with E-state index in [1.807, 2.05) is 38.1 Å². The lowest BCUT2D eigenvalue weighted by atomic mass is 10.1. The van der Waals surface area contributed by atoms with Gasteiger partial charge in [0, 0.05) is 36.4 Å². The van der Waals surface area contributed by atoms with Gasteiger partial charge in [-0.2, -0.15) is 0 Å². The highest BCUT2D eigenvalue weighted by molar-refractivity contribution is 6.14. The van der Waals surface area contributed by atoms with Gasteiger partial charge in [-0.25, -0.2) is 9.78 Å². The number of pyridine rings is 2. The van der Waals surface area contributed by atoms with Gasteiger partial charge in [0.05, 0.1) is 44.5 Å². The second-order valence-electron chi connectivity index (χ2n) is 9.04. The number of rotatable bonds is 10. The minimum atomic E-state index is -0.569. The van der Waals surface area contributed by atoms with Crippen molar-refractivity contribution >= 4 is 34.3 Å². The third kappa shape index (κ3) is 5.54. The van der Waals surface area contributed by atoms with E-state index in [0.29, 0.717) is 52.6 Å². The molecule has 0 aliphatic rings. The van der Waals surface area contributed by atoms with Crippen molar-refractivity contribution in [2.75, 3.05) is 32.0 Å². The number of hydrogen-bond donors (Lipinski definition) is 2. The maximum absolute atomic E-state index is 13.1. The SMILES string of the molecule is COC(=O)c1c(NC(=O)c2cccnc2)c2cc(NCc3cc(OC)ccc3OC)cnc2n1CC(C)C. The highest BCUT2D eigenvalue weighted by Crippen LogP contribution is 2.34. The van der Waals surface area contributed by atoms with Crippen molar-refractivity contribution in [2.45, 2.75) is 26.9 Å². The smallest absolute Gasteiger partial charge is 0.356 e. The quantitative estimate of drug-likeness (QED) is 0.289. The summed E-state index contributed by atoms with van der Waals surface area (Å²) in [5.74, 6) is 0.668. The second-order valence-corrected chi connectivity index (χ2v) is 9.04. The molecule has 1 aromatic carbocycles. The fraction of sp³-hybridized carbons (Fsp3) is 0.286. The molecule has 0 bridgehead atoms. The molecule has 0 aliphatic heterocycles. The van der Waals surface area contributed by atoms with Crippen molar-refractivity contribution in [1.82, 2.24) is 14.5 Å². The Morgan fingerprint density at radius 2 is 1.87 bits per heavy atom. The number of carbonyl (C=O) groups is 2. The number of nitrogens with zero attached hydrogens (tertiary/aromatic N) is 3. The molecule has 4 rings (SSSR count). The maximum atomic E-state index is 13.1. The van der Waals surface area contributed by atoms with Crippen molar-refractivity contribution in [3.05, 3.63) is 71.8 Å². The van der Waals surface area contributed by atoms with E-state index in [0.717, 1.165) is 5.56 Å². The van der Waals surface area contributed by atoms with Crippen molar-refractivity contribution in [1.29, 1.82) is 0 Å². The third-order valence-electron chi connectivity index (χ3n) is 5.96. The molecule has 3 aromatic heterocycles. The molecule has 0 radical (unpaired) electrons. The predicted octanol–water partition coefficient (Wildman–Crippen LogP) is 4.76. The summed E-state index contributed by atoms with van der Waals surface area (Å²) >= 11 is 0. The molecule has 1 amide bonds.